The predicted octanol–water partition coefficient (Wildman–Crippen LogP) is 2.74. The van der Waals surface area contributed by atoms with Crippen molar-refractivity contribution in [1.29, 1.82) is 0 Å². The molecule has 1 aliphatic heterocycles. The Morgan fingerprint density at radius 2 is 1.75 bits per heavy atom. The second kappa shape index (κ2) is 5.45. The van der Waals surface area contributed by atoms with Gasteiger partial charge in [-0.3, -0.25) is 0 Å². The lowest BCUT2D eigenvalue weighted by Crippen LogP contribution is -1.96. The van der Waals surface area contributed by atoms with Crippen LogP contribution in [0.2, 0.25) is 0 Å². The first-order valence-corrected chi connectivity index (χ1v) is 9.30. The van der Waals surface area contributed by atoms with Crippen molar-refractivity contribution in [3.63, 3.8) is 0 Å². The maximum atomic E-state index is 11.7. The zero-order valence-corrected chi connectivity index (χ0v) is 13.7. The van der Waals surface area contributed by atoms with E-state index in [1.165, 1.54) is 12.1 Å². The summed E-state index contributed by atoms with van der Waals surface area (Å²) < 4.78 is 34.6. The van der Waals surface area contributed by atoms with Gasteiger partial charge in [0.2, 0.25) is 11.8 Å². The summed E-state index contributed by atoms with van der Waals surface area (Å²) in [6, 6.07) is 12.2. The molecule has 4 rings (SSSR count). The second-order valence-corrected chi connectivity index (χ2v) is 7.65. The van der Waals surface area contributed by atoms with Crippen molar-refractivity contribution in [1.82, 2.24) is 10.2 Å². The maximum absolute atomic E-state index is 11.7. The fourth-order valence-corrected chi connectivity index (χ4v) is 3.30. The summed E-state index contributed by atoms with van der Waals surface area (Å²) in [6.45, 7) is 0.687. The Bertz CT molecular complexity index is 1020. The van der Waals surface area contributed by atoms with Crippen LogP contribution in [0.25, 0.3) is 22.9 Å². The molecule has 7 heteroatoms. The highest BCUT2D eigenvalue weighted by molar-refractivity contribution is 7.90. The Morgan fingerprint density at radius 3 is 2.50 bits per heavy atom. The lowest BCUT2D eigenvalue weighted by Gasteiger charge is -2.01. The zero-order chi connectivity index (χ0) is 16.7. The first-order valence-electron chi connectivity index (χ1n) is 7.41. The minimum Gasteiger partial charge on any atom is -0.493 e. The van der Waals surface area contributed by atoms with E-state index in [2.05, 4.69) is 10.2 Å². The van der Waals surface area contributed by atoms with Crippen LogP contribution in [0.3, 0.4) is 0 Å². The summed E-state index contributed by atoms with van der Waals surface area (Å²) in [6.07, 6.45) is 2.03. The van der Waals surface area contributed by atoms with Gasteiger partial charge in [0.1, 0.15) is 5.75 Å². The molecule has 0 aliphatic carbocycles. The van der Waals surface area contributed by atoms with Gasteiger partial charge in [0.05, 0.1) is 11.5 Å². The van der Waals surface area contributed by atoms with Gasteiger partial charge in [0.15, 0.2) is 9.84 Å². The minimum absolute atomic E-state index is 0.217. The van der Waals surface area contributed by atoms with Crippen molar-refractivity contribution >= 4 is 9.84 Å². The predicted molar refractivity (Wildman–Crippen MR) is 87.5 cm³/mol. The summed E-state index contributed by atoms with van der Waals surface area (Å²) in [5, 5.41) is 8.11. The number of benzene rings is 2. The molecule has 0 saturated carbocycles. The molecule has 1 aliphatic rings. The van der Waals surface area contributed by atoms with Crippen LogP contribution in [0.4, 0.5) is 0 Å². The van der Waals surface area contributed by atoms with Gasteiger partial charge < -0.3 is 9.15 Å². The monoisotopic (exact) mass is 342 g/mol. The highest BCUT2D eigenvalue weighted by Crippen LogP contribution is 2.31. The molecule has 0 bridgehead atoms. The van der Waals surface area contributed by atoms with E-state index in [-0.39, 0.29) is 10.8 Å². The van der Waals surface area contributed by atoms with E-state index in [1.807, 2.05) is 18.2 Å². The van der Waals surface area contributed by atoms with Gasteiger partial charge in [-0.1, -0.05) is 6.07 Å². The summed E-state index contributed by atoms with van der Waals surface area (Å²) in [7, 11) is -3.29. The summed E-state index contributed by atoms with van der Waals surface area (Å²) >= 11 is 0. The maximum Gasteiger partial charge on any atom is 0.248 e. The van der Waals surface area contributed by atoms with Crippen LogP contribution in [-0.2, 0) is 16.3 Å². The number of hydrogen-bond acceptors (Lipinski definition) is 6. The van der Waals surface area contributed by atoms with E-state index in [9.17, 15) is 8.42 Å². The molecule has 0 spiro atoms. The van der Waals surface area contributed by atoms with Gasteiger partial charge in [0, 0.05) is 23.8 Å². The van der Waals surface area contributed by atoms with E-state index in [0.29, 0.717) is 18.1 Å². The molecule has 122 valence electrons. The molecule has 24 heavy (non-hydrogen) atoms. The number of nitrogens with zero attached hydrogens (tertiary/aromatic N) is 2. The molecule has 0 saturated heterocycles. The number of sulfone groups is 1. The zero-order valence-electron chi connectivity index (χ0n) is 12.9. The summed E-state index contributed by atoms with van der Waals surface area (Å²) in [4.78, 5) is 0.217. The van der Waals surface area contributed by atoms with Gasteiger partial charge >= 0.3 is 0 Å². The molecular weight excluding hydrogens is 328 g/mol. The van der Waals surface area contributed by atoms with Crippen molar-refractivity contribution in [2.75, 3.05) is 12.9 Å². The quantitative estimate of drug-likeness (QED) is 0.728. The summed E-state index contributed by atoms with van der Waals surface area (Å²) in [5.41, 5.74) is 2.50. The number of ether oxygens (including phenoxy) is 1. The molecule has 0 unspecified atom stereocenters. The molecule has 0 atom stereocenters. The normalized spacial score (nSPS) is 13.5. The Morgan fingerprint density at radius 1 is 1.00 bits per heavy atom. The van der Waals surface area contributed by atoms with Gasteiger partial charge in [-0.25, -0.2) is 8.42 Å². The molecule has 0 N–H and O–H groups in total. The molecular formula is C17H14N2O4S. The topological polar surface area (TPSA) is 82.3 Å². The van der Waals surface area contributed by atoms with E-state index in [1.54, 1.807) is 12.1 Å². The standard InChI is InChI=1S/C17H14N2O4S/c1-24(20,21)14-4-2-3-12(10-14)16-18-19-17(23-16)13-5-6-15-11(9-13)7-8-22-15/h2-6,9-10H,7-8H2,1H3. The van der Waals surface area contributed by atoms with Gasteiger partial charge in [-0.05, 0) is 42.0 Å². The lowest BCUT2D eigenvalue weighted by molar-refractivity contribution is 0.357. The third-order valence-corrected chi connectivity index (χ3v) is 4.98. The third kappa shape index (κ3) is 2.67. The first-order chi connectivity index (χ1) is 11.5. The van der Waals surface area contributed by atoms with E-state index < -0.39 is 9.84 Å². The van der Waals surface area contributed by atoms with E-state index in [0.717, 1.165) is 29.6 Å². The van der Waals surface area contributed by atoms with Crippen LogP contribution >= 0.6 is 0 Å². The van der Waals surface area contributed by atoms with Crippen LogP contribution in [0, 0.1) is 0 Å². The van der Waals surface area contributed by atoms with Crippen LogP contribution in [-0.4, -0.2) is 31.5 Å². The second-order valence-electron chi connectivity index (χ2n) is 5.63. The number of rotatable bonds is 3. The first kappa shape index (κ1) is 14.9. The summed E-state index contributed by atoms with van der Waals surface area (Å²) in [5.74, 6) is 1.57. The van der Waals surface area contributed by atoms with Crippen LogP contribution < -0.4 is 4.74 Å². The van der Waals surface area contributed by atoms with Crippen LogP contribution in [0.5, 0.6) is 5.75 Å². The lowest BCUT2D eigenvalue weighted by atomic mass is 10.1. The van der Waals surface area contributed by atoms with Crippen LogP contribution in [0.15, 0.2) is 51.8 Å². The molecule has 3 aromatic rings. The van der Waals surface area contributed by atoms with Gasteiger partial charge in [-0.2, -0.15) is 0 Å². The number of hydrogen-bond donors (Lipinski definition) is 0. The SMILES string of the molecule is CS(=O)(=O)c1cccc(-c2nnc(-c3ccc4c(c3)CCO4)o2)c1. The fraction of sp³-hybridized carbons (Fsp3) is 0.176. The van der Waals surface area contributed by atoms with Crippen molar-refractivity contribution in [3.05, 3.63) is 48.0 Å². The molecule has 0 amide bonds. The van der Waals surface area contributed by atoms with Crippen LogP contribution in [0.1, 0.15) is 5.56 Å². The van der Waals surface area contributed by atoms with Crippen molar-refractivity contribution in [2.45, 2.75) is 11.3 Å². The van der Waals surface area contributed by atoms with Crippen molar-refractivity contribution < 1.29 is 17.6 Å². The Balaban J connectivity index is 1.71. The number of aromatic nitrogens is 2. The molecule has 6 nitrogen and oxygen atoms in total. The Kier molecular flexibility index (Phi) is 3.38. The van der Waals surface area contributed by atoms with Crippen molar-refractivity contribution in [2.24, 2.45) is 0 Å². The smallest absolute Gasteiger partial charge is 0.248 e. The average Bonchev–Trinajstić information content (AvgIpc) is 3.22. The third-order valence-electron chi connectivity index (χ3n) is 3.87. The highest BCUT2D eigenvalue weighted by atomic mass is 32.2. The molecule has 0 radical (unpaired) electrons. The van der Waals surface area contributed by atoms with E-state index in [4.69, 9.17) is 9.15 Å². The molecule has 2 heterocycles. The highest BCUT2D eigenvalue weighted by Gasteiger charge is 2.17. The van der Waals surface area contributed by atoms with E-state index >= 15 is 0 Å². The fourth-order valence-electron chi connectivity index (χ4n) is 2.64. The Hall–Kier alpha value is -2.67. The minimum atomic E-state index is -3.29. The molecule has 1 aromatic heterocycles. The van der Waals surface area contributed by atoms with Gasteiger partial charge in [-0.15, -0.1) is 10.2 Å². The van der Waals surface area contributed by atoms with Gasteiger partial charge in [0.25, 0.3) is 0 Å². The molecule has 0 fully saturated rings. The van der Waals surface area contributed by atoms with Crippen molar-refractivity contribution in [3.8, 4) is 28.7 Å². The average molecular weight is 342 g/mol. The Labute approximate surface area is 139 Å². The number of fused-ring (bicyclic) bond motifs is 1. The largest absolute Gasteiger partial charge is 0.493 e. The molecule has 2 aromatic carbocycles.